The molecule has 0 unspecified atom stereocenters. The van der Waals surface area contributed by atoms with E-state index in [1.807, 2.05) is 18.2 Å². The van der Waals surface area contributed by atoms with Crippen LogP contribution in [0.5, 0.6) is 11.5 Å². The Labute approximate surface area is 146 Å². The van der Waals surface area contributed by atoms with Crippen molar-refractivity contribution < 1.29 is 14.3 Å². The van der Waals surface area contributed by atoms with Crippen molar-refractivity contribution in [1.29, 1.82) is 0 Å². The molecule has 0 bridgehead atoms. The molecular formula is C19H18ClNO3. The molecule has 0 aliphatic carbocycles. The summed E-state index contributed by atoms with van der Waals surface area (Å²) in [6.07, 6.45) is 4.18. The van der Waals surface area contributed by atoms with Crippen molar-refractivity contribution in [1.82, 2.24) is 0 Å². The highest BCUT2D eigenvalue weighted by Crippen LogP contribution is 2.36. The summed E-state index contributed by atoms with van der Waals surface area (Å²) in [5.74, 6) is 0.964. The van der Waals surface area contributed by atoms with Gasteiger partial charge in [0.25, 0.3) is 5.91 Å². The second-order valence-corrected chi connectivity index (χ2v) is 5.85. The second kappa shape index (κ2) is 6.97. The molecule has 2 aromatic rings. The first-order valence-corrected chi connectivity index (χ1v) is 8.01. The van der Waals surface area contributed by atoms with E-state index in [0.29, 0.717) is 23.1 Å². The van der Waals surface area contributed by atoms with Gasteiger partial charge in [0.1, 0.15) is 0 Å². The molecule has 0 N–H and O–H groups in total. The van der Waals surface area contributed by atoms with E-state index >= 15 is 0 Å². The van der Waals surface area contributed by atoms with Crippen LogP contribution in [0, 0.1) is 0 Å². The van der Waals surface area contributed by atoms with Crippen molar-refractivity contribution in [3.63, 3.8) is 0 Å². The molecular weight excluding hydrogens is 326 g/mol. The SMILES string of the molecule is COc1cc(/C=C/C(=O)N2CCc3ccccc32)cc(Cl)c1OC. The van der Waals surface area contributed by atoms with Crippen molar-refractivity contribution in [3.05, 3.63) is 58.6 Å². The number of halogens is 1. The topological polar surface area (TPSA) is 38.8 Å². The Morgan fingerprint density at radius 3 is 2.75 bits per heavy atom. The van der Waals surface area contributed by atoms with E-state index in [9.17, 15) is 4.79 Å². The third-order valence-electron chi connectivity index (χ3n) is 4.03. The van der Waals surface area contributed by atoms with Crippen LogP contribution in [-0.2, 0) is 11.2 Å². The largest absolute Gasteiger partial charge is 0.493 e. The molecule has 4 nitrogen and oxygen atoms in total. The van der Waals surface area contributed by atoms with Crippen LogP contribution in [-0.4, -0.2) is 26.7 Å². The van der Waals surface area contributed by atoms with Gasteiger partial charge in [-0.15, -0.1) is 0 Å². The van der Waals surface area contributed by atoms with Gasteiger partial charge in [-0.3, -0.25) is 4.79 Å². The minimum atomic E-state index is -0.0501. The molecule has 1 aliphatic heterocycles. The molecule has 3 rings (SSSR count). The number of carbonyl (C=O) groups excluding carboxylic acids is 1. The van der Waals surface area contributed by atoms with Crippen LogP contribution in [0.15, 0.2) is 42.5 Å². The van der Waals surface area contributed by atoms with Gasteiger partial charge in [0.15, 0.2) is 11.5 Å². The number of anilines is 1. The molecule has 1 heterocycles. The van der Waals surface area contributed by atoms with E-state index in [1.54, 1.807) is 36.3 Å². The average Bonchev–Trinajstić information content (AvgIpc) is 3.03. The van der Waals surface area contributed by atoms with Crippen molar-refractivity contribution >= 4 is 29.3 Å². The number of ether oxygens (including phenoxy) is 2. The van der Waals surface area contributed by atoms with Gasteiger partial charge in [-0.1, -0.05) is 29.8 Å². The highest BCUT2D eigenvalue weighted by atomic mass is 35.5. The summed E-state index contributed by atoms with van der Waals surface area (Å²) in [5, 5.41) is 0.440. The molecule has 0 saturated heterocycles. The van der Waals surface area contributed by atoms with E-state index in [-0.39, 0.29) is 5.91 Å². The molecule has 0 saturated carbocycles. The van der Waals surface area contributed by atoms with E-state index in [4.69, 9.17) is 21.1 Å². The standard InChI is InChI=1S/C19H18ClNO3/c1-23-17-12-13(11-15(20)19(17)24-2)7-8-18(22)21-10-9-14-5-3-4-6-16(14)21/h3-8,11-12H,9-10H2,1-2H3/b8-7+. The van der Waals surface area contributed by atoms with E-state index in [2.05, 4.69) is 6.07 Å². The number of hydrogen-bond acceptors (Lipinski definition) is 3. The minimum Gasteiger partial charge on any atom is -0.493 e. The van der Waals surface area contributed by atoms with Gasteiger partial charge in [0.2, 0.25) is 0 Å². The van der Waals surface area contributed by atoms with Gasteiger partial charge in [-0.25, -0.2) is 0 Å². The fraction of sp³-hybridized carbons (Fsp3) is 0.211. The lowest BCUT2D eigenvalue weighted by molar-refractivity contribution is -0.114. The fourth-order valence-corrected chi connectivity index (χ4v) is 3.16. The van der Waals surface area contributed by atoms with Crippen molar-refractivity contribution in [3.8, 4) is 11.5 Å². The Morgan fingerprint density at radius 1 is 1.21 bits per heavy atom. The Morgan fingerprint density at radius 2 is 2.00 bits per heavy atom. The number of benzene rings is 2. The molecule has 1 aliphatic rings. The lowest BCUT2D eigenvalue weighted by atomic mass is 10.1. The molecule has 0 aromatic heterocycles. The lowest BCUT2D eigenvalue weighted by Crippen LogP contribution is -2.26. The first kappa shape index (κ1) is 16.4. The normalized spacial score (nSPS) is 13.2. The maximum Gasteiger partial charge on any atom is 0.251 e. The third kappa shape index (κ3) is 3.10. The van der Waals surface area contributed by atoms with Crippen LogP contribution in [0.4, 0.5) is 5.69 Å². The van der Waals surface area contributed by atoms with Gasteiger partial charge in [0.05, 0.1) is 19.2 Å². The lowest BCUT2D eigenvalue weighted by Gasteiger charge is -2.15. The number of carbonyl (C=O) groups is 1. The Kier molecular flexibility index (Phi) is 4.76. The summed E-state index contributed by atoms with van der Waals surface area (Å²) in [6, 6.07) is 11.5. The van der Waals surface area contributed by atoms with Crippen LogP contribution in [0.3, 0.4) is 0 Å². The number of hydrogen-bond donors (Lipinski definition) is 0. The van der Waals surface area contributed by atoms with Crippen LogP contribution < -0.4 is 14.4 Å². The molecule has 0 radical (unpaired) electrons. The maximum absolute atomic E-state index is 12.5. The fourth-order valence-electron chi connectivity index (χ4n) is 2.86. The summed E-state index contributed by atoms with van der Waals surface area (Å²) < 4.78 is 10.5. The van der Waals surface area contributed by atoms with Gasteiger partial charge in [-0.2, -0.15) is 0 Å². The molecule has 0 fully saturated rings. The minimum absolute atomic E-state index is 0.0501. The van der Waals surface area contributed by atoms with Gasteiger partial charge >= 0.3 is 0 Å². The molecule has 0 spiro atoms. The molecule has 124 valence electrons. The number of nitrogens with zero attached hydrogens (tertiary/aromatic N) is 1. The Hall–Kier alpha value is -2.46. The first-order valence-electron chi connectivity index (χ1n) is 7.63. The van der Waals surface area contributed by atoms with Crippen molar-refractivity contribution in [2.45, 2.75) is 6.42 Å². The van der Waals surface area contributed by atoms with Crippen LogP contribution >= 0.6 is 11.6 Å². The second-order valence-electron chi connectivity index (χ2n) is 5.44. The number of para-hydroxylation sites is 1. The predicted octanol–water partition coefficient (Wildman–Crippen LogP) is 3.96. The Balaban J connectivity index is 1.82. The number of amides is 1. The summed E-state index contributed by atoms with van der Waals surface area (Å²) in [5.41, 5.74) is 2.96. The molecule has 0 atom stereocenters. The van der Waals surface area contributed by atoms with Crippen LogP contribution in [0.1, 0.15) is 11.1 Å². The molecule has 2 aromatic carbocycles. The summed E-state index contributed by atoms with van der Waals surface area (Å²) >= 11 is 6.19. The molecule has 24 heavy (non-hydrogen) atoms. The Bertz CT molecular complexity index is 801. The van der Waals surface area contributed by atoms with Gasteiger partial charge < -0.3 is 14.4 Å². The van der Waals surface area contributed by atoms with Crippen LogP contribution in [0.2, 0.25) is 5.02 Å². The van der Waals surface area contributed by atoms with Gasteiger partial charge in [0, 0.05) is 18.3 Å². The summed E-state index contributed by atoms with van der Waals surface area (Å²) in [6.45, 7) is 0.704. The highest BCUT2D eigenvalue weighted by Gasteiger charge is 2.22. The summed E-state index contributed by atoms with van der Waals surface area (Å²) in [4.78, 5) is 14.3. The first-order chi connectivity index (χ1) is 11.6. The highest BCUT2D eigenvalue weighted by molar-refractivity contribution is 6.32. The van der Waals surface area contributed by atoms with E-state index in [1.165, 1.54) is 12.7 Å². The summed E-state index contributed by atoms with van der Waals surface area (Å²) in [7, 11) is 3.08. The zero-order valence-corrected chi connectivity index (χ0v) is 14.3. The molecule has 1 amide bonds. The smallest absolute Gasteiger partial charge is 0.251 e. The maximum atomic E-state index is 12.5. The zero-order valence-electron chi connectivity index (χ0n) is 13.6. The van der Waals surface area contributed by atoms with E-state index in [0.717, 1.165) is 17.7 Å². The monoisotopic (exact) mass is 343 g/mol. The van der Waals surface area contributed by atoms with Gasteiger partial charge in [-0.05, 0) is 41.8 Å². The van der Waals surface area contributed by atoms with Crippen molar-refractivity contribution in [2.75, 3.05) is 25.7 Å². The van der Waals surface area contributed by atoms with Crippen molar-refractivity contribution in [2.24, 2.45) is 0 Å². The third-order valence-corrected chi connectivity index (χ3v) is 4.31. The number of rotatable bonds is 4. The van der Waals surface area contributed by atoms with E-state index < -0.39 is 0 Å². The quantitative estimate of drug-likeness (QED) is 0.789. The predicted molar refractivity (Wildman–Crippen MR) is 96.1 cm³/mol. The number of methoxy groups -OCH3 is 2. The number of fused-ring (bicyclic) bond motifs is 1. The average molecular weight is 344 g/mol. The molecule has 5 heteroatoms. The van der Waals surface area contributed by atoms with Crippen LogP contribution in [0.25, 0.3) is 6.08 Å². The zero-order chi connectivity index (χ0) is 17.1.